The van der Waals surface area contributed by atoms with E-state index >= 15 is 0 Å². The SMILES string of the molecule is CC(C)CC1(C)CCOS(=O)(=O)N1. The van der Waals surface area contributed by atoms with Crippen LogP contribution in [0.2, 0.25) is 0 Å². The fourth-order valence-corrected chi connectivity index (χ4v) is 2.95. The van der Waals surface area contributed by atoms with Crippen molar-refractivity contribution in [3.05, 3.63) is 0 Å². The summed E-state index contributed by atoms with van der Waals surface area (Å²) in [5.41, 5.74) is -0.328. The van der Waals surface area contributed by atoms with E-state index in [9.17, 15) is 8.42 Å². The van der Waals surface area contributed by atoms with Gasteiger partial charge in [-0.2, -0.15) is 13.1 Å². The number of nitrogens with one attached hydrogen (secondary N) is 1. The lowest BCUT2D eigenvalue weighted by Crippen LogP contribution is -2.51. The Morgan fingerprint density at radius 3 is 2.62 bits per heavy atom. The molecule has 0 aromatic carbocycles. The lowest BCUT2D eigenvalue weighted by Gasteiger charge is -2.35. The summed E-state index contributed by atoms with van der Waals surface area (Å²) in [7, 11) is -3.49. The van der Waals surface area contributed by atoms with E-state index in [-0.39, 0.29) is 5.54 Å². The Balaban J connectivity index is 2.69. The van der Waals surface area contributed by atoms with Crippen molar-refractivity contribution in [2.75, 3.05) is 6.61 Å². The first-order chi connectivity index (χ1) is 5.83. The highest BCUT2D eigenvalue weighted by molar-refractivity contribution is 7.84. The summed E-state index contributed by atoms with van der Waals surface area (Å²) in [6.07, 6.45) is 1.58. The van der Waals surface area contributed by atoms with Crippen molar-refractivity contribution in [2.24, 2.45) is 5.92 Å². The fraction of sp³-hybridized carbons (Fsp3) is 1.00. The van der Waals surface area contributed by atoms with Crippen LogP contribution in [-0.2, 0) is 14.5 Å². The van der Waals surface area contributed by atoms with Gasteiger partial charge in [0.15, 0.2) is 0 Å². The predicted molar refractivity (Wildman–Crippen MR) is 50.5 cm³/mol. The van der Waals surface area contributed by atoms with Gasteiger partial charge in [0.25, 0.3) is 0 Å². The molecule has 0 aliphatic carbocycles. The Bertz CT molecular complexity index is 273. The molecule has 0 saturated carbocycles. The molecule has 0 radical (unpaired) electrons. The van der Waals surface area contributed by atoms with Crippen molar-refractivity contribution in [3.63, 3.8) is 0 Å². The minimum atomic E-state index is -3.49. The summed E-state index contributed by atoms with van der Waals surface area (Å²) < 4.78 is 29.4. The molecule has 1 heterocycles. The van der Waals surface area contributed by atoms with Crippen molar-refractivity contribution in [1.29, 1.82) is 0 Å². The molecule has 0 aromatic rings. The largest absolute Gasteiger partial charge is 0.336 e. The van der Waals surface area contributed by atoms with Gasteiger partial charge in [-0.25, -0.2) is 0 Å². The maximum atomic E-state index is 11.1. The van der Waals surface area contributed by atoms with E-state index in [1.165, 1.54) is 0 Å². The molecular weight excluding hydrogens is 190 g/mol. The van der Waals surface area contributed by atoms with Crippen LogP contribution < -0.4 is 4.72 Å². The van der Waals surface area contributed by atoms with Crippen LogP contribution in [0.15, 0.2) is 0 Å². The summed E-state index contributed by atoms with van der Waals surface area (Å²) in [5.74, 6) is 0.478. The van der Waals surface area contributed by atoms with Crippen molar-refractivity contribution in [3.8, 4) is 0 Å². The van der Waals surface area contributed by atoms with Crippen LogP contribution in [0.3, 0.4) is 0 Å². The predicted octanol–water partition coefficient (Wildman–Crippen LogP) is 1.05. The number of hydrogen-bond acceptors (Lipinski definition) is 3. The van der Waals surface area contributed by atoms with Gasteiger partial charge in [0.05, 0.1) is 6.61 Å². The molecule has 1 aliphatic heterocycles. The molecule has 0 bridgehead atoms. The van der Waals surface area contributed by atoms with Crippen LogP contribution in [0.25, 0.3) is 0 Å². The highest BCUT2D eigenvalue weighted by atomic mass is 32.2. The van der Waals surface area contributed by atoms with E-state index in [4.69, 9.17) is 0 Å². The normalized spacial score (nSPS) is 33.5. The molecule has 1 rings (SSSR count). The minimum Gasteiger partial charge on any atom is -0.258 e. The molecule has 0 aromatic heterocycles. The Kier molecular flexibility index (Phi) is 2.99. The van der Waals surface area contributed by atoms with Crippen LogP contribution in [0.4, 0.5) is 0 Å². The molecule has 1 saturated heterocycles. The zero-order valence-electron chi connectivity index (χ0n) is 8.33. The Labute approximate surface area is 79.9 Å². The second kappa shape index (κ2) is 3.55. The van der Waals surface area contributed by atoms with Gasteiger partial charge in [0.2, 0.25) is 0 Å². The zero-order valence-corrected chi connectivity index (χ0v) is 9.15. The maximum absolute atomic E-state index is 11.1. The Morgan fingerprint density at radius 1 is 1.54 bits per heavy atom. The van der Waals surface area contributed by atoms with E-state index in [1.54, 1.807) is 0 Å². The lowest BCUT2D eigenvalue weighted by molar-refractivity contribution is 0.190. The first-order valence-electron chi connectivity index (χ1n) is 4.51. The summed E-state index contributed by atoms with van der Waals surface area (Å²) in [4.78, 5) is 0. The lowest BCUT2D eigenvalue weighted by atomic mass is 9.89. The van der Waals surface area contributed by atoms with Crippen molar-refractivity contribution >= 4 is 10.3 Å². The number of hydrogen-bond donors (Lipinski definition) is 1. The Morgan fingerprint density at radius 2 is 2.15 bits per heavy atom. The van der Waals surface area contributed by atoms with Gasteiger partial charge < -0.3 is 0 Å². The molecule has 13 heavy (non-hydrogen) atoms. The molecule has 4 nitrogen and oxygen atoms in total. The molecular formula is C8H17NO3S. The van der Waals surface area contributed by atoms with Crippen LogP contribution in [-0.4, -0.2) is 20.6 Å². The van der Waals surface area contributed by atoms with Crippen LogP contribution in [0.5, 0.6) is 0 Å². The van der Waals surface area contributed by atoms with E-state index in [0.29, 0.717) is 12.5 Å². The third-order valence-electron chi connectivity index (χ3n) is 2.12. The first-order valence-corrected chi connectivity index (χ1v) is 5.92. The summed E-state index contributed by atoms with van der Waals surface area (Å²) in [6.45, 7) is 6.37. The second-order valence-electron chi connectivity index (χ2n) is 4.29. The molecule has 1 N–H and O–H groups in total. The first kappa shape index (κ1) is 10.9. The summed E-state index contributed by atoms with van der Waals surface area (Å²) in [5, 5.41) is 0. The quantitative estimate of drug-likeness (QED) is 0.736. The van der Waals surface area contributed by atoms with E-state index in [0.717, 1.165) is 12.8 Å². The van der Waals surface area contributed by atoms with E-state index in [2.05, 4.69) is 22.8 Å². The molecule has 0 spiro atoms. The monoisotopic (exact) mass is 207 g/mol. The van der Waals surface area contributed by atoms with Crippen molar-refractivity contribution < 1.29 is 12.6 Å². The zero-order chi connectivity index (χ0) is 10.1. The van der Waals surface area contributed by atoms with Gasteiger partial charge in [-0.05, 0) is 25.7 Å². The van der Waals surface area contributed by atoms with Crippen LogP contribution in [0.1, 0.15) is 33.6 Å². The molecule has 0 amide bonds. The standard InChI is InChI=1S/C8H17NO3S/c1-7(2)6-8(3)4-5-12-13(10,11)9-8/h7,9H,4-6H2,1-3H3. The third-order valence-corrected chi connectivity index (χ3v) is 3.34. The highest BCUT2D eigenvalue weighted by Gasteiger charge is 2.35. The van der Waals surface area contributed by atoms with E-state index < -0.39 is 10.3 Å². The summed E-state index contributed by atoms with van der Waals surface area (Å²) >= 11 is 0. The van der Waals surface area contributed by atoms with Gasteiger partial charge in [-0.1, -0.05) is 13.8 Å². The average Bonchev–Trinajstić information content (AvgIpc) is 1.79. The smallest absolute Gasteiger partial charge is 0.258 e. The van der Waals surface area contributed by atoms with Crippen molar-refractivity contribution in [1.82, 2.24) is 4.72 Å². The third kappa shape index (κ3) is 3.25. The molecule has 1 fully saturated rings. The highest BCUT2D eigenvalue weighted by Crippen LogP contribution is 2.24. The molecule has 1 unspecified atom stereocenters. The second-order valence-corrected chi connectivity index (χ2v) is 5.63. The van der Waals surface area contributed by atoms with E-state index in [1.807, 2.05) is 6.92 Å². The molecule has 1 atom stereocenters. The minimum absolute atomic E-state index is 0.290. The van der Waals surface area contributed by atoms with Gasteiger partial charge in [-0.15, -0.1) is 0 Å². The Hall–Kier alpha value is -0.130. The summed E-state index contributed by atoms with van der Waals surface area (Å²) in [6, 6.07) is 0. The molecule has 1 aliphatic rings. The van der Waals surface area contributed by atoms with Gasteiger partial charge in [0, 0.05) is 5.54 Å². The fourth-order valence-electron chi connectivity index (χ4n) is 1.80. The van der Waals surface area contributed by atoms with Crippen molar-refractivity contribution in [2.45, 2.75) is 39.2 Å². The number of rotatable bonds is 2. The van der Waals surface area contributed by atoms with Crippen LogP contribution in [0, 0.1) is 5.92 Å². The average molecular weight is 207 g/mol. The molecule has 78 valence electrons. The maximum Gasteiger partial charge on any atom is 0.336 e. The van der Waals surface area contributed by atoms with Gasteiger partial charge >= 0.3 is 10.3 Å². The van der Waals surface area contributed by atoms with Crippen LogP contribution >= 0.6 is 0 Å². The van der Waals surface area contributed by atoms with Gasteiger partial charge in [0.1, 0.15) is 0 Å². The molecule has 5 heteroatoms. The topological polar surface area (TPSA) is 55.4 Å². The van der Waals surface area contributed by atoms with Gasteiger partial charge in [-0.3, -0.25) is 4.18 Å².